The van der Waals surface area contributed by atoms with Crippen LogP contribution in [-0.4, -0.2) is 31.4 Å². The molecule has 27 heavy (non-hydrogen) atoms. The van der Waals surface area contributed by atoms with E-state index in [0.717, 1.165) is 28.2 Å². The van der Waals surface area contributed by atoms with Crippen molar-refractivity contribution in [1.29, 1.82) is 0 Å². The maximum absolute atomic E-state index is 12.5. The number of nitrogens with zero attached hydrogens (tertiary/aromatic N) is 1. The van der Waals surface area contributed by atoms with E-state index in [4.69, 9.17) is 14.2 Å². The first-order valence-corrected chi connectivity index (χ1v) is 9.11. The average Bonchev–Trinajstić information content (AvgIpc) is 3.08. The van der Waals surface area contributed by atoms with E-state index in [9.17, 15) is 4.79 Å². The van der Waals surface area contributed by atoms with E-state index in [1.54, 1.807) is 14.2 Å². The Morgan fingerprint density at radius 2 is 1.93 bits per heavy atom. The van der Waals surface area contributed by atoms with Crippen molar-refractivity contribution in [2.75, 3.05) is 14.2 Å². The topological polar surface area (TPSA) is 48.0 Å². The Morgan fingerprint density at radius 3 is 2.56 bits per heavy atom. The largest absolute Gasteiger partial charge is 0.497 e. The van der Waals surface area contributed by atoms with Gasteiger partial charge in [-0.2, -0.15) is 0 Å². The average molecular weight is 369 g/mol. The van der Waals surface area contributed by atoms with Crippen LogP contribution in [0.2, 0.25) is 0 Å². The number of amides is 1. The molecule has 1 amide bonds. The minimum atomic E-state index is -0.402. The highest BCUT2D eigenvalue weighted by atomic mass is 16.6. The quantitative estimate of drug-likeness (QED) is 0.795. The fourth-order valence-electron chi connectivity index (χ4n) is 3.15. The lowest BCUT2D eigenvalue weighted by molar-refractivity contribution is 0.0368. The van der Waals surface area contributed by atoms with E-state index in [1.165, 1.54) is 4.90 Å². The smallest absolute Gasteiger partial charge is 0.412 e. The molecule has 1 atom stereocenters. The van der Waals surface area contributed by atoms with Crippen molar-refractivity contribution in [2.24, 2.45) is 0 Å². The highest BCUT2D eigenvalue weighted by Gasteiger charge is 2.34. The second-order valence-corrected chi connectivity index (χ2v) is 7.84. The molecular weight excluding hydrogens is 342 g/mol. The first-order chi connectivity index (χ1) is 12.8. The molecule has 0 spiro atoms. The summed E-state index contributed by atoms with van der Waals surface area (Å²) in [7, 11) is 3.37. The zero-order chi connectivity index (χ0) is 19.6. The Kier molecular flexibility index (Phi) is 5.31. The second-order valence-electron chi connectivity index (χ2n) is 7.84. The molecule has 0 saturated carbocycles. The molecule has 5 heteroatoms. The van der Waals surface area contributed by atoms with E-state index in [0.29, 0.717) is 6.42 Å². The number of carbonyl (C=O) groups is 1. The van der Waals surface area contributed by atoms with Gasteiger partial charge in [0.05, 0.1) is 7.11 Å². The molecule has 0 radical (unpaired) electrons. The van der Waals surface area contributed by atoms with Gasteiger partial charge in [0, 0.05) is 24.6 Å². The molecule has 2 aromatic rings. The van der Waals surface area contributed by atoms with Gasteiger partial charge in [0.1, 0.15) is 18.1 Å². The molecule has 1 aliphatic heterocycles. The molecule has 1 heterocycles. The molecule has 0 N–H and O–H groups in total. The van der Waals surface area contributed by atoms with Crippen LogP contribution < -0.4 is 9.47 Å². The zero-order valence-electron chi connectivity index (χ0n) is 16.6. The van der Waals surface area contributed by atoms with Gasteiger partial charge >= 0.3 is 6.09 Å². The lowest BCUT2D eigenvalue weighted by Gasteiger charge is -2.26. The standard InChI is InChI=1S/C22H27NO4/c1-22(2,3)18-13-17(25-5)11-16-12-19(27-20(16)18)23(4)21(24)26-14-15-9-7-6-8-10-15/h6-11,13,19H,12,14H2,1-5H3. The fraction of sp³-hybridized carbons (Fsp3) is 0.409. The predicted molar refractivity (Wildman–Crippen MR) is 104 cm³/mol. The molecule has 2 aromatic carbocycles. The van der Waals surface area contributed by atoms with Crippen molar-refractivity contribution < 1.29 is 19.0 Å². The van der Waals surface area contributed by atoms with Gasteiger partial charge in [0.2, 0.25) is 0 Å². The number of hydrogen-bond acceptors (Lipinski definition) is 4. The SMILES string of the molecule is COc1cc2c(c(C(C)(C)C)c1)OC(N(C)C(=O)OCc1ccccc1)C2. The van der Waals surface area contributed by atoms with Gasteiger partial charge in [0.25, 0.3) is 0 Å². The van der Waals surface area contributed by atoms with Crippen LogP contribution in [0.5, 0.6) is 11.5 Å². The van der Waals surface area contributed by atoms with Gasteiger partial charge in [-0.05, 0) is 23.1 Å². The normalized spacial score (nSPS) is 15.7. The van der Waals surface area contributed by atoms with Gasteiger partial charge in [-0.3, -0.25) is 4.90 Å². The van der Waals surface area contributed by atoms with E-state index >= 15 is 0 Å². The molecule has 3 rings (SSSR count). The minimum Gasteiger partial charge on any atom is -0.497 e. The summed E-state index contributed by atoms with van der Waals surface area (Å²) >= 11 is 0. The van der Waals surface area contributed by atoms with Gasteiger partial charge in [0.15, 0.2) is 6.23 Å². The van der Waals surface area contributed by atoms with Crippen LogP contribution in [0.1, 0.15) is 37.5 Å². The van der Waals surface area contributed by atoms with E-state index in [1.807, 2.05) is 42.5 Å². The first-order valence-electron chi connectivity index (χ1n) is 9.11. The van der Waals surface area contributed by atoms with Gasteiger partial charge in [-0.25, -0.2) is 4.79 Å². The minimum absolute atomic E-state index is 0.0973. The molecule has 0 saturated heterocycles. The molecule has 5 nitrogen and oxygen atoms in total. The summed E-state index contributed by atoms with van der Waals surface area (Å²) < 4.78 is 17.0. The summed E-state index contributed by atoms with van der Waals surface area (Å²) in [6.45, 7) is 6.65. The van der Waals surface area contributed by atoms with Crippen LogP contribution in [0.4, 0.5) is 4.79 Å². The van der Waals surface area contributed by atoms with Crippen LogP contribution in [0.3, 0.4) is 0 Å². The summed E-state index contributed by atoms with van der Waals surface area (Å²) in [5.41, 5.74) is 2.98. The van der Waals surface area contributed by atoms with Gasteiger partial charge < -0.3 is 14.2 Å². The monoisotopic (exact) mass is 369 g/mol. The number of likely N-dealkylation sites (N-methyl/N-ethyl adjacent to an activating group) is 1. The number of rotatable bonds is 4. The third kappa shape index (κ3) is 4.18. The van der Waals surface area contributed by atoms with Crippen LogP contribution in [0.15, 0.2) is 42.5 Å². The molecule has 0 aliphatic carbocycles. The van der Waals surface area contributed by atoms with Crippen LogP contribution in [0, 0.1) is 0 Å². The Balaban J connectivity index is 1.72. The Hall–Kier alpha value is -2.69. The molecule has 0 aromatic heterocycles. The van der Waals surface area contributed by atoms with E-state index in [-0.39, 0.29) is 12.0 Å². The number of fused-ring (bicyclic) bond motifs is 1. The van der Waals surface area contributed by atoms with Crippen molar-refractivity contribution in [3.8, 4) is 11.5 Å². The Morgan fingerprint density at radius 1 is 1.22 bits per heavy atom. The highest BCUT2D eigenvalue weighted by Crippen LogP contribution is 2.42. The maximum atomic E-state index is 12.5. The summed E-state index contributed by atoms with van der Waals surface area (Å²) in [6, 6.07) is 13.6. The third-order valence-corrected chi connectivity index (χ3v) is 4.76. The third-order valence-electron chi connectivity index (χ3n) is 4.76. The lowest BCUT2D eigenvalue weighted by atomic mass is 9.85. The number of hydrogen-bond donors (Lipinski definition) is 0. The van der Waals surface area contributed by atoms with E-state index in [2.05, 4.69) is 20.8 Å². The van der Waals surface area contributed by atoms with Crippen molar-refractivity contribution in [2.45, 2.75) is 45.4 Å². The van der Waals surface area contributed by atoms with Crippen molar-refractivity contribution in [3.05, 3.63) is 59.2 Å². The number of carbonyl (C=O) groups excluding carboxylic acids is 1. The Bertz CT molecular complexity index is 811. The van der Waals surface area contributed by atoms with Crippen molar-refractivity contribution in [1.82, 2.24) is 4.90 Å². The molecular formula is C22H27NO4. The van der Waals surface area contributed by atoms with Crippen molar-refractivity contribution in [3.63, 3.8) is 0 Å². The molecule has 1 unspecified atom stereocenters. The fourth-order valence-corrected chi connectivity index (χ4v) is 3.15. The number of methoxy groups -OCH3 is 1. The Labute approximate surface area is 160 Å². The summed E-state index contributed by atoms with van der Waals surface area (Å²) in [6.07, 6.45) is -0.190. The number of benzene rings is 2. The molecule has 144 valence electrons. The summed E-state index contributed by atoms with van der Waals surface area (Å²) in [4.78, 5) is 14.0. The lowest BCUT2D eigenvalue weighted by Crippen LogP contribution is -2.40. The molecule has 0 fully saturated rings. The first kappa shape index (κ1) is 19.1. The van der Waals surface area contributed by atoms with Crippen molar-refractivity contribution >= 4 is 6.09 Å². The highest BCUT2D eigenvalue weighted by molar-refractivity contribution is 5.68. The van der Waals surface area contributed by atoms with Gasteiger partial charge in [-0.15, -0.1) is 0 Å². The van der Waals surface area contributed by atoms with Gasteiger partial charge in [-0.1, -0.05) is 51.1 Å². The predicted octanol–water partition coefficient (Wildman–Crippen LogP) is 4.52. The van der Waals surface area contributed by atoms with E-state index < -0.39 is 12.3 Å². The van der Waals surface area contributed by atoms with Crippen LogP contribution in [0.25, 0.3) is 0 Å². The maximum Gasteiger partial charge on any atom is 0.412 e. The second kappa shape index (κ2) is 7.51. The molecule has 0 bridgehead atoms. The summed E-state index contributed by atoms with van der Waals surface area (Å²) in [5.74, 6) is 1.65. The summed E-state index contributed by atoms with van der Waals surface area (Å²) in [5, 5.41) is 0. The van der Waals surface area contributed by atoms with Crippen LogP contribution in [-0.2, 0) is 23.2 Å². The molecule has 1 aliphatic rings. The van der Waals surface area contributed by atoms with Crippen LogP contribution >= 0.6 is 0 Å². The number of ether oxygens (including phenoxy) is 3. The zero-order valence-corrected chi connectivity index (χ0v) is 16.6.